The first kappa shape index (κ1) is 12.3. The van der Waals surface area contributed by atoms with Crippen molar-refractivity contribution in [2.24, 2.45) is 0 Å². The molecule has 0 aliphatic heterocycles. The van der Waals surface area contributed by atoms with E-state index in [4.69, 9.17) is 5.26 Å². The van der Waals surface area contributed by atoms with Crippen LogP contribution in [-0.2, 0) is 0 Å². The van der Waals surface area contributed by atoms with Gasteiger partial charge in [0.1, 0.15) is 0 Å². The topological polar surface area (TPSA) is 52.9 Å². The van der Waals surface area contributed by atoms with Crippen LogP contribution in [0.2, 0.25) is 0 Å². The number of amides is 1. The normalized spacial score (nSPS) is 11.6. The second kappa shape index (κ2) is 5.92. The fourth-order valence-corrected chi connectivity index (χ4v) is 1.38. The Morgan fingerprint density at radius 2 is 2.06 bits per heavy atom. The summed E-state index contributed by atoms with van der Waals surface area (Å²) in [4.78, 5) is 11.8. The molecule has 0 aliphatic carbocycles. The number of rotatable bonds is 4. The van der Waals surface area contributed by atoms with Crippen LogP contribution in [0, 0.1) is 18.3 Å². The summed E-state index contributed by atoms with van der Waals surface area (Å²) in [7, 11) is 0. The Bertz CT molecular complexity index is 389. The molecule has 1 unspecified atom stereocenters. The van der Waals surface area contributed by atoms with Crippen LogP contribution in [0.1, 0.15) is 35.7 Å². The molecule has 0 saturated heterocycles. The lowest BCUT2D eigenvalue weighted by atomic mass is 10.1. The molecule has 0 radical (unpaired) electrons. The third kappa shape index (κ3) is 3.39. The zero-order valence-electron chi connectivity index (χ0n) is 9.66. The van der Waals surface area contributed by atoms with Crippen molar-refractivity contribution in [3.63, 3.8) is 0 Å². The summed E-state index contributed by atoms with van der Waals surface area (Å²) >= 11 is 0. The molecule has 0 spiro atoms. The van der Waals surface area contributed by atoms with E-state index in [1.165, 1.54) is 0 Å². The molecule has 0 bridgehead atoms. The number of hydrogen-bond donors (Lipinski definition) is 1. The maximum atomic E-state index is 11.8. The molecule has 1 rings (SSSR count). The van der Waals surface area contributed by atoms with Gasteiger partial charge in [0.2, 0.25) is 0 Å². The van der Waals surface area contributed by atoms with Crippen molar-refractivity contribution in [2.75, 3.05) is 0 Å². The third-order valence-electron chi connectivity index (χ3n) is 2.48. The van der Waals surface area contributed by atoms with Crippen LogP contribution < -0.4 is 5.32 Å². The van der Waals surface area contributed by atoms with Gasteiger partial charge in [0.15, 0.2) is 0 Å². The van der Waals surface area contributed by atoms with E-state index in [9.17, 15) is 4.79 Å². The molecule has 16 heavy (non-hydrogen) atoms. The molecule has 0 fully saturated rings. The lowest BCUT2D eigenvalue weighted by Crippen LogP contribution is -2.34. The molecule has 0 heterocycles. The summed E-state index contributed by atoms with van der Waals surface area (Å²) < 4.78 is 0. The minimum absolute atomic E-state index is 0.0567. The van der Waals surface area contributed by atoms with E-state index in [1.54, 1.807) is 12.1 Å². The van der Waals surface area contributed by atoms with Crippen molar-refractivity contribution >= 4 is 5.91 Å². The molecule has 1 amide bonds. The standard InChI is InChI=1S/C13H16N2O/c1-3-12(8-9-14)15-13(16)11-6-4-10(2)5-7-11/h4-7,12H,3,8H2,1-2H3,(H,15,16). The van der Waals surface area contributed by atoms with Crippen LogP contribution in [-0.4, -0.2) is 11.9 Å². The molecule has 1 N–H and O–H groups in total. The van der Waals surface area contributed by atoms with Gasteiger partial charge in [0.25, 0.3) is 5.91 Å². The highest BCUT2D eigenvalue weighted by atomic mass is 16.1. The van der Waals surface area contributed by atoms with Crippen molar-refractivity contribution in [1.29, 1.82) is 5.26 Å². The van der Waals surface area contributed by atoms with E-state index in [2.05, 4.69) is 11.4 Å². The monoisotopic (exact) mass is 216 g/mol. The van der Waals surface area contributed by atoms with Gasteiger partial charge in [-0.25, -0.2) is 0 Å². The molecule has 1 atom stereocenters. The second-order valence-corrected chi connectivity index (χ2v) is 3.81. The first-order valence-corrected chi connectivity index (χ1v) is 5.41. The Balaban J connectivity index is 2.65. The van der Waals surface area contributed by atoms with Gasteiger partial charge < -0.3 is 5.32 Å². The number of aryl methyl sites for hydroxylation is 1. The van der Waals surface area contributed by atoms with Gasteiger partial charge in [-0.3, -0.25) is 4.79 Å². The number of carbonyl (C=O) groups excluding carboxylic acids is 1. The molecular weight excluding hydrogens is 200 g/mol. The van der Waals surface area contributed by atoms with Gasteiger partial charge in [-0.15, -0.1) is 0 Å². The Kier molecular flexibility index (Phi) is 4.53. The third-order valence-corrected chi connectivity index (χ3v) is 2.48. The van der Waals surface area contributed by atoms with E-state index >= 15 is 0 Å². The molecule has 0 aliphatic rings. The van der Waals surface area contributed by atoms with E-state index in [0.29, 0.717) is 12.0 Å². The molecule has 1 aromatic carbocycles. The Morgan fingerprint density at radius 1 is 1.44 bits per heavy atom. The summed E-state index contributed by atoms with van der Waals surface area (Å²) in [5.74, 6) is -0.109. The summed E-state index contributed by atoms with van der Waals surface area (Å²) in [5.41, 5.74) is 1.77. The van der Waals surface area contributed by atoms with E-state index < -0.39 is 0 Å². The highest BCUT2D eigenvalue weighted by molar-refractivity contribution is 5.94. The van der Waals surface area contributed by atoms with E-state index in [1.807, 2.05) is 26.0 Å². The average molecular weight is 216 g/mol. The largest absolute Gasteiger partial charge is 0.348 e. The second-order valence-electron chi connectivity index (χ2n) is 3.81. The average Bonchev–Trinajstić information content (AvgIpc) is 2.29. The molecular formula is C13H16N2O. The number of nitriles is 1. The van der Waals surface area contributed by atoms with Crippen LogP contribution >= 0.6 is 0 Å². The number of hydrogen-bond acceptors (Lipinski definition) is 2. The van der Waals surface area contributed by atoms with E-state index in [-0.39, 0.29) is 11.9 Å². The summed E-state index contributed by atoms with van der Waals surface area (Å²) in [6, 6.07) is 9.41. The minimum atomic E-state index is -0.109. The number of benzene rings is 1. The summed E-state index contributed by atoms with van der Waals surface area (Å²) in [6.07, 6.45) is 1.12. The summed E-state index contributed by atoms with van der Waals surface area (Å²) in [6.45, 7) is 3.93. The number of nitrogens with one attached hydrogen (secondary N) is 1. The van der Waals surface area contributed by atoms with Crippen LogP contribution in [0.3, 0.4) is 0 Å². The van der Waals surface area contributed by atoms with Crippen molar-refractivity contribution in [1.82, 2.24) is 5.32 Å². The highest BCUT2D eigenvalue weighted by Gasteiger charge is 2.11. The zero-order chi connectivity index (χ0) is 12.0. The predicted octanol–water partition coefficient (Wildman–Crippen LogP) is 2.42. The van der Waals surface area contributed by atoms with Crippen molar-refractivity contribution < 1.29 is 4.79 Å². The Labute approximate surface area is 96.1 Å². The molecule has 0 aromatic heterocycles. The fraction of sp³-hybridized carbons (Fsp3) is 0.385. The number of nitrogens with zero attached hydrogens (tertiary/aromatic N) is 1. The van der Waals surface area contributed by atoms with Crippen molar-refractivity contribution in [3.05, 3.63) is 35.4 Å². The van der Waals surface area contributed by atoms with Gasteiger partial charge in [-0.2, -0.15) is 5.26 Å². The highest BCUT2D eigenvalue weighted by Crippen LogP contribution is 2.04. The first-order valence-electron chi connectivity index (χ1n) is 5.41. The van der Waals surface area contributed by atoms with E-state index in [0.717, 1.165) is 12.0 Å². The molecule has 0 saturated carbocycles. The predicted molar refractivity (Wildman–Crippen MR) is 63.0 cm³/mol. The minimum Gasteiger partial charge on any atom is -0.348 e. The number of carbonyl (C=O) groups is 1. The SMILES string of the molecule is CCC(CC#N)NC(=O)c1ccc(C)cc1. The van der Waals surface area contributed by atoms with Crippen molar-refractivity contribution in [3.8, 4) is 6.07 Å². The van der Waals surface area contributed by atoms with Gasteiger partial charge in [0, 0.05) is 11.6 Å². The van der Waals surface area contributed by atoms with Gasteiger partial charge in [0.05, 0.1) is 12.5 Å². The summed E-state index contributed by atoms with van der Waals surface area (Å²) in [5, 5.41) is 11.4. The lowest BCUT2D eigenvalue weighted by Gasteiger charge is -2.13. The zero-order valence-corrected chi connectivity index (χ0v) is 9.66. The smallest absolute Gasteiger partial charge is 0.251 e. The van der Waals surface area contributed by atoms with Gasteiger partial charge in [-0.1, -0.05) is 24.6 Å². The fourth-order valence-electron chi connectivity index (χ4n) is 1.38. The van der Waals surface area contributed by atoms with Gasteiger partial charge >= 0.3 is 0 Å². The Morgan fingerprint density at radius 3 is 2.56 bits per heavy atom. The molecule has 84 valence electrons. The van der Waals surface area contributed by atoms with Crippen LogP contribution in [0.5, 0.6) is 0 Å². The quantitative estimate of drug-likeness (QED) is 0.840. The van der Waals surface area contributed by atoms with Gasteiger partial charge in [-0.05, 0) is 25.5 Å². The molecule has 3 heteroatoms. The van der Waals surface area contributed by atoms with Crippen LogP contribution in [0.15, 0.2) is 24.3 Å². The van der Waals surface area contributed by atoms with Crippen molar-refractivity contribution in [2.45, 2.75) is 32.7 Å². The maximum Gasteiger partial charge on any atom is 0.251 e. The lowest BCUT2D eigenvalue weighted by molar-refractivity contribution is 0.0936. The van der Waals surface area contributed by atoms with Crippen LogP contribution in [0.4, 0.5) is 0 Å². The molecule has 1 aromatic rings. The molecule has 3 nitrogen and oxygen atoms in total. The maximum absolute atomic E-state index is 11.8. The first-order chi connectivity index (χ1) is 7.67. The Hall–Kier alpha value is -1.82. The van der Waals surface area contributed by atoms with Crippen LogP contribution in [0.25, 0.3) is 0 Å².